The van der Waals surface area contributed by atoms with Gasteiger partial charge in [0.25, 0.3) is 0 Å². The Morgan fingerprint density at radius 2 is 1.67 bits per heavy atom. The first-order valence-corrected chi connectivity index (χ1v) is 10.8. The molecule has 0 radical (unpaired) electrons. The van der Waals surface area contributed by atoms with Gasteiger partial charge in [0.2, 0.25) is 5.91 Å². The minimum Gasteiger partial charge on any atom is -0.351 e. The second-order valence-electron chi connectivity index (χ2n) is 6.54. The Labute approximate surface area is 184 Å². The van der Waals surface area contributed by atoms with Gasteiger partial charge in [-0.3, -0.25) is 9.36 Å². The summed E-state index contributed by atoms with van der Waals surface area (Å²) in [5.74, 6) is 0.861. The van der Waals surface area contributed by atoms with Crippen LogP contribution < -0.4 is 5.32 Å². The zero-order valence-corrected chi connectivity index (χ0v) is 17.6. The summed E-state index contributed by atoms with van der Waals surface area (Å²) >= 11 is 7.52. The lowest BCUT2D eigenvalue weighted by Gasteiger charge is -2.10. The summed E-state index contributed by atoms with van der Waals surface area (Å²) in [5, 5.41) is 12.9. The van der Waals surface area contributed by atoms with E-state index in [1.807, 2.05) is 89.5 Å². The number of amides is 1. The maximum atomic E-state index is 12.4. The summed E-state index contributed by atoms with van der Waals surface area (Å²) in [6.07, 6.45) is 0. The second-order valence-corrected chi connectivity index (χ2v) is 7.92. The highest BCUT2D eigenvalue weighted by Gasteiger charge is 2.17. The van der Waals surface area contributed by atoms with E-state index in [4.69, 9.17) is 11.6 Å². The largest absolute Gasteiger partial charge is 0.351 e. The first kappa shape index (κ1) is 20.2. The third kappa shape index (κ3) is 4.90. The van der Waals surface area contributed by atoms with Crippen LogP contribution in [0.3, 0.4) is 0 Å². The van der Waals surface area contributed by atoms with Crippen LogP contribution in [0.5, 0.6) is 0 Å². The molecule has 0 unspecified atom stereocenters. The van der Waals surface area contributed by atoms with Crippen molar-refractivity contribution in [3.8, 4) is 17.1 Å². The fraction of sp³-hybridized carbons (Fsp3) is 0.0870. The van der Waals surface area contributed by atoms with Crippen molar-refractivity contribution in [2.45, 2.75) is 11.7 Å². The van der Waals surface area contributed by atoms with Crippen molar-refractivity contribution in [2.75, 3.05) is 5.75 Å². The topological polar surface area (TPSA) is 59.8 Å². The van der Waals surface area contributed by atoms with Crippen molar-refractivity contribution >= 4 is 29.3 Å². The molecule has 0 fully saturated rings. The molecule has 1 N–H and O–H groups in total. The zero-order chi connectivity index (χ0) is 20.8. The minimum atomic E-state index is -0.0595. The van der Waals surface area contributed by atoms with E-state index >= 15 is 0 Å². The molecule has 7 heteroatoms. The minimum absolute atomic E-state index is 0.0595. The number of para-hydroxylation sites is 1. The molecule has 0 bridgehead atoms. The molecule has 5 nitrogen and oxygen atoms in total. The Morgan fingerprint density at radius 1 is 0.933 bits per heavy atom. The van der Waals surface area contributed by atoms with Crippen LogP contribution in [0.25, 0.3) is 17.1 Å². The molecule has 1 heterocycles. The number of hydrogen-bond donors (Lipinski definition) is 1. The Morgan fingerprint density at radius 3 is 2.40 bits per heavy atom. The van der Waals surface area contributed by atoms with Gasteiger partial charge < -0.3 is 5.32 Å². The van der Waals surface area contributed by atoms with Gasteiger partial charge in [0.1, 0.15) is 0 Å². The molecule has 0 spiro atoms. The fourth-order valence-corrected chi connectivity index (χ4v) is 3.94. The van der Waals surface area contributed by atoms with Crippen molar-refractivity contribution in [1.82, 2.24) is 20.1 Å². The van der Waals surface area contributed by atoms with Gasteiger partial charge >= 0.3 is 0 Å². The van der Waals surface area contributed by atoms with Crippen LogP contribution in [0.15, 0.2) is 90.1 Å². The molecule has 1 aromatic heterocycles. The van der Waals surface area contributed by atoms with Gasteiger partial charge in [0.05, 0.1) is 5.75 Å². The molecular formula is C23H19ClN4OS. The summed E-state index contributed by atoms with van der Waals surface area (Å²) < 4.78 is 1.95. The molecule has 0 aliphatic heterocycles. The molecule has 0 saturated carbocycles. The Hall–Kier alpha value is -3.09. The smallest absolute Gasteiger partial charge is 0.230 e. The molecular weight excluding hydrogens is 416 g/mol. The number of benzene rings is 3. The van der Waals surface area contributed by atoms with E-state index in [-0.39, 0.29) is 11.7 Å². The van der Waals surface area contributed by atoms with Crippen LogP contribution in [0, 0.1) is 0 Å². The number of nitrogens with one attached hydrogen (secondary N) is 1. The number of nitrogens with zero attached hydrogens (tertiary/aromatic N) is 3. The highest BCUT2D eigenvalue weighted by Crippen LogP contribution is 2.29. The summed E-state index contributed by atoms with van der Waals surface area (Å²) in [6.45, 7) is 0.499. The van der Waals surface area contributed by atoms with Crippen molar-refractivity contribution in [3.63, 3.8) is 0 Å². The molecule has 30 heavy (non-hydrogen) atoms. The summed E-state index contributed by atoms with van der Waals surface area (Å²) in [5.41, 5.74) is 2.84. The van der Waals surface area contributed by atoms with E-state index in [0.717, 1.165) is 16.8 Å². The third-order valence-corrected chi connectivity index (χ3v) is 5.56. The van der Waals surface area contributed by atoms with Crippen LogP contribution in [0.2, 0.25) is 5.02 Å². The van der Waals surface area contributed by atoms with Crippen molar-refractivity contribution in [3.05, 3.63) is 95.5 Å². The molecule has 1 amide bonds. The van der Waals surface area contributed by atoms with Gasteiger partial charge in [0, 0.05) is 22.8 Å². The van der Waals surface area contributed by atoms with Gasteiger partial charge in [-0.2, -0.15) is 0 Å². The number of halogens is 1. The first-order valence-electron chi connectivity index (χ1n) is 9.41. The monoisotopic (exact) mass is 434 g/mol. The molecule has 0 saturated heterocycles. The van der Waals surface area contributed by atoms with Crippen LogP contribution >= 0.6 is 23.4 Å². The lowest BCUT2D eigenvalue weighted by Crippen LogP contribution is -2.24. The molecule has 150 valence electrons. The molecule has 4 rings (SSSR count). The van der Waals surface area contributed by atoms with Gasteiger partial charge in [0.15, 0.2) is 11.0 Å². The molecule has 0 aliphatic rings. The summed E-state index contributed by atoms with van der Waals surface area (Å²) in [6, 6.07) is 27.2. The Kier molecular flexibility index (Phi) is 6.47. The van der Waals surface area contributed by atoms with E-state index in [1.54, 1.807) is 0 Å². The van der Waals surface area contributed by atoms with E-state index in [0.29, 0.717) is 22.5 Å². The fourth-order valence-electron chi connectivity index (χ4n) is 2.97. The maximum Gasteiger partial charge on any atom is 0.230 e. The number of carbonyl (C=O) groups excluding carboxylic acids is 1. The third-order valence-electron chi connectivity index (χ3n) is 4.40. The molecule has 0 aliphatic carbocycles. The zero-order valence-electron chi connectivity index (χ0n) is 16.0. The highest BCUT2D eigenvalue weighted by atomic mass is 35.5. The second kappa shape index (κ2) is 9.61. The van der Waals surface area contributed by atoms with Crippen LogP contribution in [-0.2, 0) is 11.3 Å². The van der Waals surface area contributed by atoms with Crippen LogP contribution in [0.1, 0.15) is 5.56 Å². The molecule has 0 atom stereocenters. The summed E-state index contributed by atoms with van der Waals surface area (Å²) in [7, 11) is 0. The number of carbonyl (C=O) groups is 1. The molecule has 4 aromatic rings. The number of hydrogen-bond acceptors (Lipinski definition) is 4. The van der Waals surface area contributed by atoms with Crippen LogP contribution in [0.4, 0.5) is 0 Å². The average molecular weight is 435 g/mol. The van der Waals surface area contributed by atoms with Gasteiger partial charge in [-0.15, -0.1) is 10.2 Å². The lowest BCUT2D eigenvalue weighted by atomic mass is 10.2. The van der Waals surface area contributed by atoms with E-state index in [9.17, 15) is 4.79 Å². The van der Waals surface area contributed by atoms with E-state index < -0.39 is 0 Å². The van der Waals surface area contributed by atoms with E-state index in [1.165, 1.54) is 11.8 Å². The Balaban J connectivity index is 1.54. The number of thioether (sulfide) groups is 1. The normalized spacial score (nSPS) is 10.7. The van der Waals surface area contributed by atoms with Crippen molar-refractivity contribution < 1.29 is 4.79 Å². The van der Waals surface area contributed by atoms with Crippen molar-refractivity contribution in [1.29, 1.82) is 0 Å². The van der Waals surface area contributed by atoms with Gasteiger partial charge in [-0.1, -0.05) is 84.0 Å². The molecule has 3 aromatic carbocycles. The number of rotatable bonds is 7. The highest BCUT2D eigenvalue weighted by molar-refractivity contribution is 7.99. The van der Waals surface area contributed by atoms with E-state index in [2.05, 4.69) is 15.5 Å². The number of aromatic nitrogens is 3. The maximum absolute atomic E-state index is 12.4. The van der Waals surface area contributed by atoms with Crippen LogP contribution in [-0.4, -0.2) is 26.4 Å². The Bertz CT molecular complexity index is 1130. The first-order chi connectivity index (χ1) is 14.7. The quantitative estimate of drug-likeness (QED) is 0.416. The van der Waals surface area contributed by atoms with Gasteiger partial charge in [-0.05, 0) is 29.8 Å². The predicted molar refractivity (Wildman–Crippen MR) is 121 cm³/mol. The SMILES string of the molecule is O=C(CSc1nnc(-c2cccc(Cl)c2)n1-c1ccccc1)NCc1ccccc1. The average Bonchev–Trinajstić information content (AvgIpc) is 3.21. The van der Waals surface area contributed by atoms with Crippen molar-refractivity contribution in [2.24, 2.45) is 0 Å². The summed E-state index contributed by atoms with van der Waals surface area (Å²) in [4.78, 5) is 12.4. The standard InChI is InChI=1S/C23H19ClN4OS/c24-19-11-7-10-18(14-19)22-26-27-23(28(22)20-12-5-2-6-13-20)30-16-21(29)25-15-17-8-3-1-4-9-17/h1-14H,15-16H2,(H,25,29). The van der Waals surface area contributed by atoms with Gasteiger partial charge in [-0.25, -0.2) is 0 Å². The lowest BCUT2D eigenvalue weighted by molar-refractivity contribution is -0.118. The predicted octanol–water partition coefficient (Wildman–Crippen LogP) is 5.00.